The molecule has 0 aromatic carbocycles. The van der Waals surface area contributed by atoms with Crippen LogP contribution in [0.3, 0.4) is 0 Å². The highest BCUT2D eigenvalue weighted by Crippen LogP contribution is 2.38. The number of morpholine rings is 1. The third-order valence-corrected chi connectivity index (χ3v) is 5.75. The van der Waals surface area contributed by atoms with Crippen molar-refractivity contribution >= 4 is 28.3 Å². The summed E-state index contributed by atoms with van der Waals surface area (Å²) in [4.78, 5) is 16.4. The molecule has 1 atom stereocenters. The number of nitrogens with one attached hydrogen (secondary N) is 2. The van der Waals surface area contributed by atoms with Gasteiger partial charge in [0.05, 0.1) is 42.6 Å². The van der Waals surface area contributed by atoms with Crippen LogP contribution >= 0.6 is 11.6 Å². The van der Waals surface area contributed by atoms with Crippen LogP contribution in [0.15, 0.2) is 30.6 Å². The summed E-state index contributed by atoms with van der Waals surface area (Å²) in [6.45, 7) is 3.85. The van der Waals surface area contributed by atoms with Gasteiger partial charge in [-0.05, 0) is 24.6 Å². The Morgan fingerprint density at radius 3 is 2.83 bits per heavy atom. The Balaban J connectivity index is 1.76. The fourth-order valence-electron chi connectivity index (χ4n) is 4.06. The minimum absolute atomic E-state index is 0.105. The zero-order valence-electron chi connectivity index (χ0n) is 16.7. The van der Waals surface area contributed by atoms with Gasteiger partial charge in [0.1, 0.15) is 5.82 Å². The van der Waals surface area contributed by atoms with Crippen LogP contribution in [0.2, 0.25) is 5.02 Å². The summed E-state index contributed by atoms with van der Waals surface area (Å²) in [5.41, 5.74) is 10.1. The van der Waals surface area contributed by atoms with Crippen LogP contribution in [0.5, 0.6) is 5.88 Å². The van der Waals surface area contributed by atoms with E-state index in [0.29, 0.717) is 24.1 Å². The second kappa shape index (κ2) is 8.31. The number of aromatic nitrogens is 3. The minimum atomic E-state index is 0.105. The Morgan fingerprint density at radius 1 is 1.20 bits per heavy atom. The van der Waals surface area contributed by atoms with Crippen LogP contribution in [0.1, 0.15) is 18.2 Å². The number of ether oxygens (including phenoxy) is 2. The predicted molar refractivity (Wildman–Crippen MR) is 116 cm³/mol. The normalized spacial score (nSPS) is 19.4. The summed E-state index contributed by atoms with van der Waals surface area (Å²) < 4.78 is 11.1. The molecule has 30 heavy (non-hydrogen) atoms. The van der Waals surface area contributed by atoms with Gasteiger partial charge in [0, 0.05) is 48.5 Å². The largest absolute Gasteiger partial charge is 0.481 e. The van der Waals surface area contributed by atoms with Crippen LogP contribution in [0, 0.1) is 0 Å². The van der Waals surface area contributed by atoms with E-state index in [0.717, 1.165) is 59.6 Å². The molecule has 0 aliphatic carbocycles. The SMILES string of the molecule is COc1ncc(Cl)cc1-c1cc(N2CCOCC2)nc2c(C3CCNN3)nccc12. The third kappa shape index (κ3) is 3.56. The number of fused-ring (bicyclic) bond motifs is 1. The van der Waals surface area contributed by atoms with Gasteiger partial charge < -0.3 is 14.4 Å². The molecule has 0 amide bonds. The van der Waals surface area contributed by atoms with Crippen molar-refractivity contribution in [2.75, 3.05) is 44.9 Å². The molecule has 0 bridgehead atoms. The summed E-state index contributed by atoms with van der Waals surface area (Å²) in [7, 11) is 1.62. The summed E-state index contributed by atoms with van der Waals surface area (Å²) >= 11 is 6.31. The molecule has 9 heteroatoms. The van der Waals surface area contributed by atoms with Gasteiger partial charge in [0.2, 0.25) is 5.88 Å². The summed E-state index contributed by atoms with van der Waals surface area (Å²) in [5.74, 6) is 1.42. The zero-order valence-corrected chi connectivity index (χ0v) is 17.4. The van der Waals surface area contributed by atoms with Gasteiger partial charge in [-0.1, -0.05) is 11.6 Å². The van der Waals surface area contributed by atoms with Crippen molar-refractivity contribution < 1.29 is 9.47 Å². The van der Waals surface area contributed by atoms with E-state index in [1.807, 2.05) is 18.3 Å². The van der Waals surface area contributed by atoms with E-state index in [1.54, 1.807) is 13.3 Å². The number of hydrogen-bond donors (Lipinski definition) is 2. The van der Waals surface area contributed by atoms with Crippen molar-refractivity contribution in [3.05, 3.63) is 41.3 Å². The lowest BCUT2D eigenvalue weighted by atomic mass is 9.99. The van der Waals surface area contributed by atoms with Gasteiger partial charge in [-0.3, -0.25) is 10.4 Å². The first-order chi connectivity index (χ1) is 14.7. The van der Waals surface area contributed by atoms with E-state index >= 15 is 0 Å². The van der Waals surface area contributed by atoms with Crippen molar-refractivity contribution in [1.29, 1.82) is 0 Å². The average Bonchev–Trinajstić information content (AvgIpc) is 3.33. The molecule has 2 aliphatic rings. The number of anilines is 1. The number of nitrogens with zero attached hydrogens (tertiary/aromatic N) is 4. The molecule has 156 valence electrons. The van der Waals surface area contributed by atoms with Crippen molar-refractivity contribution in [2.24, 2.45) is 0 Å². The van der Waals surface area contributed by atoms with Crippen molar-refractivity contribution in [2.45, 2.75) is 12.5 Å². The van der Waals surface area contributed by atoms with Crippen LogP contribution in [0.25, 0.3) is 22.0 Å². The molecule has 2 saturated heterocycles. The molecule has 0 radical (unpaired) electrons. The number of halogens is 1. The first kappa shape index (κ1) is 19.4. The van der Waals surface area contributed by atoms with Gasteiger partial charge >= 0.3 is 0 Å². The van der Waals surface area contributed by atoms with Crippen molar-refractivity contribution in [3.63, 3.8) is 0 Å². The van der Waals surface area contributed by atoms with Crippen LogP contribution in [-0.2, 0) is 4.74 Å². The number of hydrogen-bond acceptors (Lipinski definition) is 8. The summed E-state index contributed by atoms with van der Waals surface area (Å²) in [6.07, 6.45) is 4.38. The van der Waals surface area contributed by atoms with Gasteiger partial charge in [0.25, 0.3) is 0 Å². The molecular weight excluding hydrogens is 404 g/mol. The highest BCUT2D eigenvalue weighted by atomic mass is 35.5. The predicted octanol–water partition coefficient (Wildman–Crippen LogP) is 2.73. The molecule has 3 aromatic heterocycles. The van der Waals surface area contributed by atoms with E-state index in [2.05, 4.69) is 31.8 Å². The molecule has 2 aliphatic heterocycles. The summed E-state index contributed by atoms with van der Waals surface area (Å²) in [5, 5.41) is 1.55. The van der Waals surface area contributed by atoms with Gasteiger partial charge in [0.15, 0.2) is 0 Å². The van der Waals surface area contributed by atoms with E-state index in [1.165, 1.54) is 0 Å². The standard InChI is InChI=1S/C21H23ClN6O2/c1-29-21-16(10-13(22)12-24-21)15-11-18(28-6-8-30-9-7-28)26-19-14(15)2-4-23-20(19)17-3-5-25-27-17/h2,4,10-12,17,25,27H,3,5-9H2,1H3. The van der Waals surface area contributed by atoms with Crippen LogP contribution < -0.4 is 20.5 Å². The van der Waals surface area contributed by atoms with Gasteiger partial charge in [-0.2, -0.15) is 0 Å². The number of rotatable bonds is 4. The maximum atomic E-state index is 6.31. The molecule has 5 rings (SSSR count). The minimum Gasteiger partial charge on any atom is -0.481 e. The van der Waals surface area contributed by atoms with E-state index in [4.69, 9.17) is 26.1 Å². The molecule has 0 saturated carbocycles. The zero-order chi connectivity index (χ0) is 20.5. The lowest BCUT2D eigenvalue weighted by Gasteiger charge is -2.29. The summed E-state index contributed by atoms with van der Waals surface area (Å²) in [6, 6.07) is 6.08. The lowest BCUT2D eigenvalue weighted by molar-refractivity contribution is 0.122. The van der Waals surface area contributed by atoms with Crippen molar-refractivity contribution in [1.82, 2.24) is 25.8 Å². The Labute approximate surface area is 179 Å². The molecular formula is C21H23ClN6O2. The van der Waals surface area contributed by atoms with E-state index < -0.39 is 0 Å². The number of methoxy groups -OCH3 is 1. The Hall–Kier alpha value is -2.52. The van der Waals surface area contributed by atoms with E-state index in [9.17, 15) is 0 Å². The Bertz CT molecular complexity index is 1070. The maximum absolute atomic E-state index is 6.31. The van der Waals surface area contributed by atoms with Crippen LogP contribution in [0.4, 0.5) is 5.82 Å². The van der Waals surface area contributed by atoms with Gasteiger partial charge in [-0.15, -0.1) is 0 Å². The number of pyridine rings is 3. The van der Waals surface area contributed by atoms with Crippen LogP contribution in [-0.4, -0.2) is 54.9 Å². The van der Waals surface area contributed by atoms with Gasteiger partial charge in [-0.25, -0.2) is 15.4 Å². The monoisotopic (exact) mass is 426 g/mol. The molecule has 2 N–H and O–H groups in total. The number of hydrazine groups is 1. The molecule has 0 spiro atoms. The first-order valence-corrected chi connectivity index (χ1v) is 10.4. The highest BCUT2D eigenvalue weighted by molar-refractivity contribution is 6.30. The third-order valence-electron chi connectivity index (χ3n) is 5.54. The second-order valence-electron chi connectivity index (χ2n) is 7.34. The van der Waals surface area contributed by atoms with E-state index in [-0.39, 0.29) is 6.04 Å². The van der Waals surface area contributed by atoms with Crippen molar-refractivity contribution in [3.8, 4) is 17.0 Å². The topological polar surface area (TPSA) is 84.4 Å². The molecule has 8 nitrogen and oxygen atoms in total. The fourth-order valence-corrected chi connectivity index (χ4v) is 4.22. The highest BCUT2D eigenvalue weighted by Gasteiger charge is 2.24. The molecule has 3 aromatic rings. The fraction of sp³-hybridized carbons (Fsp3) is 0.381. The molecule has 2 fully saturated rings. The maximum Gasteiger partial charge on any atom is 0.221 e. The second-order valence-corrected chi connectivity index (χ2v) is 7.78. The average molecular weight is 427 g/mol. The quantitative estimate of drug-likeness (QED) is 0.658. The Kier molecular flexibility index (Phi) is 5.39. The molecule has 5 heterocycles. The Morgan fingerprint density at radius 2 is 2.07 bits per heavy atom. The first-order valence-electron chi connectivity index (χ1n) is 10.1. The lowest BCUT2D eigenvalue weighted by Crippen LogP contribution is -2.36. The molecule has 1 unspecified atom stereocenters. The smallest absolute Gasteiger partial charge is 0.221 e.